The minimum absolute atomic E-state index is 0.103. The van der Waals surface area contributed by atoms with E-state index in [4.69, 9.17) is 18.9 Å². The highest BCUT2D eigenvalue weighted by Crippen LogP contribution is 2.45. The first-order chi connectivity index (χ1) is 13.0. The van der Waals surface area contributed by atoms with E-state index < -0.39 is 0 Å². The monoisotopic (exact) mass is 433 g/mol. The van der Waals surface area contributed by atoms with Gasteiger partial charge in [-0.05, 0) is 51.8 Å². The van der Waals surface area contributed by atoms with Gasteiger partial charge in [0.25, 0.3) is 5.91 Å². The van der Waals surface area contributed by atoms with Gasteiger partial charge in [-0.15, -0.1) is 0 Å². The minimum Gasteiger partial charge on any atom is -0.493 e. The second kappa shape index (κ2) is 7.52. The molecule has 1 aliphatic heterocycles. The number of halogens is 1. The molecule has 1 heterocycles. The number of ether oxygens (including phenoxy) is 4. The summed E-state index contributed by atoms with van der Waals surface area (Å²) in [5.41, 5.74) is 2.81. The molecule has 3 rings (SSSR count). The second-order valence-electron chi connectivity index (χ2n) is 5.82. The van der Waals surface area contributed by atoms with Gasteiger partial charge in [0.1, 0.15) is 0 Å². The molecule has 0 saturated heterocycles. The number of nitrogens with zero attached hydrogens (tertiary/aromatic N) is 1. The molecule has 0 saturated carbocycles. The number of rotatable bonds is 5. The summed E-state index contributed by atoms with van der Waals surface area (Å²) >= 11 is 3.57. The first-order valence-electron chi connectivity index (χ1n) is 8.14. The highest BCUT2D eigenvalue weighted by atomic mass is 79.9. The predicted octanol–water partition coefficient (Wildman–Crippen LogP) is 4.07. The molecule has 1 aliphatic rings. The zero-order valence-corrected chi connectivity index (χ0v) is 17.3. The van der Waals surface area contributed by atoms with Gasteiger partial charge in [0.05, 0.1) is 49.7 Å². The molecule has 2 aromatic carbocycles. The molecular formula is C20H20BrNO5. The van der Waals surface area contributed by atoms with Crippen molar-refractivity contribution in [3.05, 3.63) is 45.4 Å². The van der Waals surface area contributed by atoms with Crippen LogP contribution in [0.15, 0.2) is 28.7 Å². The molecule has 0 bridgehead atoms. The molecular weight excluding hydrogens is 414 g/mol. The summed E-state index contributed by atoms with van der Waals surface area (Å²) < 4.78 is 22.4. The quantitative estimate of drug-likeness (QED) is 0.711. The van der Waals surface area contributed by atoms with E-state index in [1.54, 1.807) is 52.5 Å². The van der Waals surface area contributed by atoms with Crippen LogP contribution in [0, 0.1) is 0 Å². The van der Waals surface area contributed by atoms with Gasteiger partial charge in [0, 0.05) is 7.05 Å². The molecule has 1 amide bonds. The summed E-state index contributed by atoms with van der Waals surface area (Å²) in [6.07, 6.45) is 1.90. The van der Waals surface area contributed by atoms with Crippen LogP contribution in [0.5, 0.6) is 23.0 Å². The molecule has 0 unspecified atom stereocenters. The van der Waals surface area contributed by atoms with Crippen LogP contribution < -0.4 is 18.9 Å². The molecule has 0 aliphatic carbocycles. The third-order valence-corrected chi connectivity index (χ3v) is 5.32. The molecule has 0 atom stereocenters. The number of carbonyl (C=O) groups is 1. The fraction of sp³-hybridized carbons (Fsp3) is 0.250. The Balaban J connectivity index is 2.24. The molecule has 142 valence electrons. The van der Waals surface area contributed by atoms with Gasteiger partial charge in [-0.2, -0.15) is 0 Å². The molecule has 0 aromatic heterocycles. The molecule has 6 nitrogen and oxygen atoms in total. The number of hydrogen-bond acceptors (Lipinski definition) is 5. The van der Waals surface area contributed by atoms with Gasteiger partial charge >= 0.3 is 0 Å². The third-order valence-electron chi connectivity index (χ3n) is 4.51. The second-order valence-corrected chi connectivity index (χ2v) is 6.61. The Kier molecular flexibility index (Phi) is 5.32. The highest BCUT2D eigenvalue weighted by molar-refractivity contribution is 9.10. The van der Waals surface area contributed by atoms with Crippen molar-refractivity contribution >= 4 is 33.6 Å². The van der Waals surface area contributed by atoms with Gasteiger partial charge in [-0.1, -0.05) is 0 Å². The van der Waals surface area contributed by atoms with E-state index in [9.17, 15) is 4.79 Å². The Morgan fingerprint density at radius 2 is 1.48 bits per heavy atom. The standard InChI is InChI=1S/C20H20BrNO5/c1-22-13(10-11-6-8-15(25-3)19(27-5)17(11)21)16-12(20(22)23)7-9-14(24-2)18(16)26-4/h6-10H,1-5H3. The van der Waals surface area contributed by atoms with Crippen molar-refractivity contribution in [1.82, 2.24) is 4.90 Å². The number of amides is 1. The summed E-state index contributed by atoms with van der Waals surface area (Å²) in [5.74, 6) is 2.18. The SMILES string of the molecule is COc1ccc(C=C2c3c(ccc(OC)c3OC)C(=O)N2C)c(Br)c1OC. The lowest BCUT2D eigenvalue weighted by atomic mass is 10.0. The number of fused-ring (bicyclic) bond motifs is 1. The largest absolute Gasteiger partial charge is 0.493 e. The van der Waals surface area contributed by atoms with Crippen molar-refractivity contribution in [2.24, 2.45) is 0 Å². The van der Waals surface area contributed by atoms with Crippen molar-refractivity contribution in [1.29, 1.82) is 0 Å². The van der Waals surface area contributed by atoms with Crippen LogP contribution in [0.4, 0.5) is 0 Å². The first-order valence-corrected chi connectivity index (χ1v) is 8.93. The molecule has 7 heteroatoms. The summed E-state index contributed by atoms with van der Waals surface area (Å²) in [6, 6.07) is 7.19. The minimum atomic E-state index is -0.103. The fourth-order valence-electron chi connectivity index (χ4n) is 3.15. The number of benzene rings is 2. The maximum atomic E-state index is 12.7. The van der Waals surface area contributed by atoms with E-state index in [-0.39, 0.29) is 5.91 Å². The lowest BCUT2D eigenvalue weighted by Gasteiger charge is -2.16. The maximum Gasteiger partial charge on any atom is 0.258 e. The molecule has 0 radical (unpaired) electrons. The van der Waals surface area contributed by atoms with Crippen LogP contribution in [0.1, 0.15) is 21.5 Å². The lowest BCUT2D eigenvalue weighted by molar-refractivity contribution is 0.0875. The number of hydrogen-bond donors (Lipinski definition) is 0. The Morgan fingerprint density at radius 1 is 0.889 bits per heavy atom. The van der Waals surface area contributed by atoms with Crippen LogP contribution in [0.25, 0.3) is 11.8 Å². The van der Waals surface area contributed by atoms with Crippen LogP contribution in [0.3, 0.4) is 0 Å². The van der Waals surface area contributed by atoms with E-state index in [2.05, 4.69) is 15.9 Å². The lowest BCUT2D eigenvalue weighted by Crippen LogP contribution is -2.17. The summed E-state index contributed by atoms with van der Waals surface area (Å²) in [6.45, 7) is 0. The summed E-state index contributed by atoms with van der Waals surface area (Å²) in [4.78, 5) is 14.3. The average Bonchev–Trinajstić information content (AvgIpc) is 2.93. The van der Waals surface area contributed by atoms with E-state index in [1.165, 1.54) is 0 Å². The topological polar surface area (TPSA) is 57.2 Å². The predicted molar refractivity (Wildman–Crippen MR) is 107 cm³/mol. The Morgan fingerprint density at radius 3 is 2.07 bits per heavy atom. The van der Waals surface area contributed by atoms with Gasteiger partial charge in [0.2, 0.25) is 0 Å². The number of carbonyl (C=O) groups excluding carboxylic acids is 1. The first kappa shape index (κ1) is 19.1. The summed E-state index contributed by atoms with van der Waals surface area (Å²) in [7, 11) is 8.02. The molecule has 2 aromatic rings. The molecule has 0 fully saturated rings. The fourth-order valence-corrected chi connectivity index (χ4v) is 3.75. The Hall–Kier alpha value is -2.67. The highest BCUT2D eigenvalue weighted by Gasteiger charge is 2.34. The van der Waals surface area contributed by atoms with Crippen LogP contribution >= 0.6 is 15.9 Å². The van der Waals surface area contributed by atoms with Crippen molar-refractivity contribution in [2.75, 3.05) is 35.5 Å². The van der Waals surface area contributed by atoms with Crippen LogP contribution in [0.2, 0.25) is 0 Å². The van der Waals surface area contributed by atoms with Crippen LogP contribution in [-0.4, -0.2) is 46.3 Å². The average molecular weight is 434 g/mol. The van der Waals surface area contributed by atoms with E-state index in [0.29, 0.717) is 39.8 Å². The zero-order chi connectivity index (χ0) is 19.7. The Labute approximate surface area is 166 Å². The van der Waals surface area contributed by atoms with Gasteiger partial charge < -0.3 is 23.8 Å². The van der Waals surface area contributed by atoms with E-state index in [0.717, 1.165) is 10.0 Å². The normalized spacial score (nSPS) is 14.4. The van der Waals surface area contributed by atoms with E-state index in [1.807, 2.05) is 18.2 Å². The maximum absolute atomic E-state index is 12.7. The van der Waals surface area contributed by atoms with Crippen molar-refractivity contribution in [2.45, 2.75) is 0 Å². The van der Waals surface area contributed by atoms with Crippen LogP contribution in [-0.2, 0) is 0 Å². The molecule has 27 heavy (non-hydrogen) atoms. The Bertz CT molecular complexity index is 938. The molecule has 0 N–H and O–H groups in total. The summed E-state index contributed by atoms with van der Waals surface area (Å²) in [5, 5.41) is 0. The third kappa shape index (κ3) is 3.02. The van der Waals surface area contributed by atoms with Gasteiger partial charge in [-0.3, -0.25) is 4.79 Å². The van der Waals surface area contributed by atoms with Crippen molar-refractivity contribution < 1.29 is 23.7 Å². The van der Waals surface area contributed by atoms with Gasteiger partial charge in [0.15, 0.2) is 23.0 Å². The zero-order valence-electron chi connectivity index (χ0n) is 15.8. The number of methoxy groups -OCH3 is 4. The van der Waals surface area contributed by atoms with Crippen molar-refractivity contribution in [3.8, 4) is 23.0 Å². The smallest absolute Gasteiger partial charge is 0.258 e. The van der Waals surface area contributed by atoms with E-state index >= 15 is 0 Å². The van der Waals surface area contributed by atoms with Gasteiger partial charge in [-0.25, -0.2) is 0 Å². The van der Waals surface area contributed by atoms with Crippen molar-refractivity contribution in [3.63, 3.8) is 0 Å². The molecule has 0 spiro atoms.